The molecule has 1 aromatic carbocycles. The van der Waals surface area contributed by atoms with Crippen molar-refractivity contribution in [2.45, 2.75) is 0 Å². The normalized spacial score (nSPS) is 10.9. The first-order valence-electron chi connectivity index (χ1n) is 8.73. The molecular weight excluding hydrogens is 369 g/mol. The van der Waals surface area contributed by atoms with Crippen LogP contribution in [0.5, 0.6) is 0 Å². The second kappa shape index (κ2) is 8.22. The second-order valence-corrected chi connectivity index (χ2v) is 6.10. The molecule has 0 aliphatic rings. The molecule has 7 nitrogen and oxygen atoms in total. The maximum atomic E-state index is 14.4. The lowest BCUT2D eigenvalue weighted by molar-refractivity contribution is 0.618. The topological polar surface area (TPSA) is 102 Å². The van der Waals surface area contributed by atoms with Crippen LogP contribution in [0.4, 0.5) is 16.0 Å². The Morgan fingerprint density at radius 3 is 2.52 bits per heavy atom. The van der Waals surface area contributed by atoms with Crippen LogP contribution in [0.15, 0.2) is 78.4 Å². The number of halogens is 1. The first kappa shape index (κ1) is 18.2. The lowest BCUT2D eigenvalue weighted by atomic mass is 10.0. The Morgan fingerprint density at radius 2 is 1.72 bits per heavy atom. The molecule has 0 saturated heterocycles. The largest absolute Gasteiger partial charge is 0.397 e. The third kappa shape index (κ3) is 4.38. The van der Waals surface area contributed by atoms with E-state index in [0.717, 1.165) is 17.3 Å². The summed E-state index contributed by atoms with van der Waals surface area (Å²) in [4.78, 5) is 16.5. The summed E-state index contributed by atoms with van der Waals surface area (Å²) < 4.78 is 14.4. The first-order valence-corrected chi connectivity index (χ1v) is 8.73. The zero-order valence-electron chi connectivity index (χ0n) is 15.2. The van der Waals surface area contributed by atoms with E-state index in [1.807, 2.05) is 36.4 Å². The van der Waals surface area contributed by atoms with Crippen molar-refractivity contribution in [2.75, 3.05) is 11.2 Å². The molecule has 0 spiro atoms. The number of hydrogen-bond acceptors (Lipinski definition) is 7. The van der Waals surface area contributed by atoms with E-state index in [9.17, 15) is 4.39 Å². The molecule has 0 radical (unpaired) electrons. The van der Waals surface area contributed by atoms with Gasteiger partial charge in [-0.3, -0.25) is 9.97 Å². The van der Waals surface area contributed by atoms with Crippen molar-refractivity contribution in [1.29, 1.82) is 0 Å². The lowest BCUT2D eigenvalue weighted by Crippen LogP contribution is -2.01. The van der Waals surface area contributed by atoms with Gasteiger partial charge in [0.15, 0.2) is 5.82 Å². The van der Waals surface area contributed by atoms with Gasteiger partial charge >= 0.3 is 0 Å². The molecule has 0 amide bonds. The number of hydrazone groups is 1. The van der Waals surface area contributed by atoms with Crippen LogP contribution < -0.4 is 11.2 Å². The minimum Gasteiger partial charge on any atom is -0.397 e. The average molecular weight is 385 g/mol. The maximum Gasteiger partial charge on any atom is 0.244 e. The van der Waals surface area contributed by atoms with Gasteiger partial charge in [0.25, 0.3) is 0 Å². The SMILES string of the molecule is Nc1ccc(/C=N/Nc2ncc(F)c(-c3cncc(-c4ccccc4)c3)n2)nc1. The van der Waals surface area contributed by atoms with Gasteiger partial charge in [0, 0.05) is 23.5 Å². The Balaban J connectivity index is 1.58. The lowest BCUT2D eigenvalue weighted by Gasteiger charge is -2.07. The summed E-state index contributed by atoms with van der Waals surface area (Å²) in [7, 11) is 0. The molecule has 0 aliphatic carbocycles. The Kier molecular flexibility index (Phi) is 5.15. The quantitative estimate of drug-likeness (QED) is 0.400. The Morgan fingerprint density at radius 1 is 0.897 bits per heavy atom. The van der Waals surface area contributed by atoms with Crippen molar-refractivity contribution in [3.8, 4) is 22.4 Å². The van der Waals surface area contributed by atoms with Crippen molar-refractivity contribution >= 4 is 17.9 Å². The van der Waals surface area contributed by atoms with Gasteiger partial charge in [0.2, 0.25) is 5.95 Å². The number of hydrogen-bond donors (Lipinski definition) is 2. The molecule has 142 valence electrons. The molecule has 29 heavy (non-hydrogen) atoms. The highest BCUT2D eigenvalue weighted by Gasteiger charge is 2.11. The molecule has 4 rings (SSSR count). The van der Waals surface area contributed by atoms with E-state index in [1.165, 1.54) is 12.4 Å². The van der Waals surface area contributed by atoms with Crippen LogP contribution in [0.25, 0.3) is 22.4 Å². The number of pyridine rings is 2. The van der Waals surface area contributed by atoms with Crippen LogP contribution in [0.2, 0.25) is 0 Å². The number of anilines is 2. The van der Waals surface area contributed by atoms with Crippen LogP contribution in [0.3, 0.4) is 0 Å². The number of nitrogen functional groups attached to an aromatic ring is 1. The highest BCUT2D eigenvalue weighted by molar-refractivity contribution is 5.77. The van der Waals surface area contributed by atoms with E-state index in [1.54, 1.807) is 24.5 Å². The summed E-state index contributed by atoms with van der Waals surface area (Å²) in [6.45, 7) is 0. The molecule has 0 aliphatic heterocycles. The Hall–Kier alpha value is -4.20. The predicted octanol–water partition coefficient (Wildman–Crippen LogP) is 3.77. The molecule has 8 heteroatoms. The number of aromatic nitrogens is 4. The number of nitrogens with one attached hydrogen (secondary N) is 1. The number of nitrogens with two attached hydrogens (primary N) is 1. The molecule has 0 saturated carbocycles. The van der Waals surface area contributed by atoms with Gasteiger partial charge in [0.1, 0.15) is 5.69 Å². The summed E-state index contributed by atoms with van der Waals surface area (Å²) in [5.74, 6) is -0.398. The standard InChI is InChI=1S/C21H16FN7/c22-19-13-26-21(29-27-12-18-7-6-17(23)11-25-18)28-20(19)16-8-15(9-24-10-16)14-4-2-1-3-5-14/h1-13H,23H2,(H,26,28,29)/b27-12+. The van der Waals surface area contributed by atoms with Crippen molar-refractivity contribution in [2.24, 2.45) is 5.10 Å². The highest BCUT2D eigenvalue weighted by Crippen LogP contribution is 2.26. The van der Waals surface area contributed by atoms with E-state index in [0.29, 0.717) is 16.9 Å². The van der Waals surface area contributed by atoms with Crippen molar-refractivity contribution in [1.82, 2.24) is 19.9 Å². The minimum absolute atomic E-state index is 0.133. The van der Waals surface area contributed by atoms with Gasteiger partial charge in [-0.25, -0.2) is 19.8 Å². The van der Waals surface area contributed by atoms with Crippen molar-refractivity contribution in [3.63, 3.8) is 0 Å². The second-order valence-electron chi connectivity index (χ2n) is 6.10. The van der Waals surface area contributed by atoms with Crippen LogP contribution in [-0.2, 0) is 0 Å². The van der Waals surface area contributed by atoms with Gasteiger partial charge in [0.05, 0.1) is 30.0 Å². The molecule has 0 bridgehead atoms. The molecule has 3 aromatic heterocycles. The van der Waals surface area contributed by atoms with E-state index in [-0.39, 0.29) is 11.6 Å². The van der Waals surface area contributed by atoms with Gasteiger partial charge in [-0.05, 0) is 23.8 Å². The molecule has 0 fully saturated rings. The smallest absolute Gasteiger partial charge is 0.244 e. The monoisotopic (exact) mass is 385 g/mol. The van der Waals surface area contributed by atoms with E-state index in [4.69, 9.17) is 5.73 Å². The minimum atomic E-state index is -0.549. The summed E-state index contributed by atoms with van der Waals surface area (Å²) in [5, 5.41) is 4.03. The predicted molar refractivity (Wildman–Crippen MR) is 111 cm³/mol. The van der Waals surface area contributed by atoms with Crippen LogP contribution >= 0.6 is 0 Å². The summed E-state index contributed by atoms with van der Waals surface area (Å²) >= 11 is 0. The molecule has 4 aromatic rings. The van der Waals surface area contributed by atoms with Gasteiger partial charge in [-0.15, -0.1) is 0 Å². The average Bonchev–Trinajstić information content (AvgIpc) is 2.77. The third-order valence-corrected chi connectivity index (χ3v) is 4.03. The van der Waals surface area contributed by atoms with E-state index >= 15 is 0 Å². The summed E-state index contributed by atoms with van der Waals surface area (Å²) in [5.41, 5.74) is 12.0. The summed E-state index contributed by atoms with van der Waals surface area (Å²) in [6.07, 6.45) is 7.39. The van der Waals surface area contributed by atoms with Crippen LogP contribution in [0, 0.1) is 5.82 Å². The van der Waals surface area contributed by atoms with Crippen LogP contribution in [-0.4, -0.2) is 26.2 Å². The fourth-order valence-electron chi connectivity index (χ4n) is 2.63. The molecule has 3 N–H and O–H groups in total. The van der Waals surface area contributed by atoms with Crippen molar-refractivity contribution < 1.29 is 4.39 Å². The highest BCUT2D eigenvalue weighted by atomic mass is 19.1. The zero-order valence-corrected chi connectivity index (χ0v) is 15.2. The van der Waals surface area contributed by atoms with Crippen LogP contribution in [0.1, 0.15) is 5.69 Å². The number of rotatable bonds is 5. The summed E-state index contributed by atoms with van der Waals surface area (Å²) in [6, 6.07) is 15.0. The van der Waals surface area contributed by atoms with Gasteiger partial charge < -0.3 is 5.73 Å². The molecule has 0 unspecified atom stereocenters. The van der Waals surface area contributed by atoms with E-state index < -0.39 is 5.82 Å². The Bertz CT molecular complexity index is 1150. The van der Waals surface area contributed by atoms with Gasteiger partial charge in [-0.2, -0.15) is 5.10 Å². The zero-order chi connectivity index (χ0) is 20.1. The number of benzene rings is 1. The van der Waals surface area contributed by atoms with Gasteiger partial charge in [-0.1, -0.05) is 30.3 Å². The van der Waals surface area contributed by atoms with E-state index in [2.05, 4.69) is 30.5 Å². The fraction of sp³-hybridized carbons (Fsp3) is 0. The number of nitrogens with zero attached hydrogens (tertiary/aromatic N) is 5. The van der Waals surface area contributed by atoms with Crippen molar-refractivity contribution in [3.05, 3.63) is 84.8 Å². The first-order chi connectivity index (χ1) is 14.2. The molecule has 3 heterocycles. The third-order valence-electron chi connectivity index (χ3n) is 4.03. The molecule has 0 atom stereocenters. The maximum absolute atomic E-state index is 14.4. The molecular formula is C21H16FN7. The fourth-order valence-corrected chi connectivity index (χ4v) is 2.63. The Labute approximate surface area is 166 Å².